The molecule has 0 radical (unpaired) electrons. The van der Waals surface area contributed by atoms with Gasteiger partial charge in [-0.2, -0.15) is 0 Å². The molecular formula is C13H19N3O2. The van der Waals surface area contributed by atoms with Crippen molar-refractivity contribution in [3.8, 4) is 0 Å². The van der Waals surface area contributed by atoms with Crippen LogP contribution in [0.4, 0.5) is 5.69 Å². The highest BCUT2D eigenvalue weighted by Gasteiger charge is 2.26. The smallest absolute Gasteiger partial charge is 0.256 e. The highest BCUT2D eigenvalue weighted by Crippen LogP contribution is 2.22. The lowest BCUT2D eigenvalue weighted by molar-refractivity contribution is 0.0522. The van der Waals surface area contributed by atoms with E-state index in [2.05, 4.69) is 4.98 Å². The van der Waals surface area contributed by atoms with Gasteiger partial charge >= 0.3 is 0 Å². The molecule has 3 N–H and O–H groups in total. The van der Waals surface area contributed by atoms with E-state index in [0.717, 1.165) is 12.8 Å². The summed E-state index contributed by atoms with van der Waals surface area (Å²) in [6.07, 6.45) is 4.46. The summed E-state index contributed by atoms with van der Waals surface area (Å²) < 4.78 is 0. The van der Waals surface area contributed by atoms with Crippen molar-refractivity contribution in [2.24, 2.45) is 5.92 Å². The molecule has 1 aromatic heterocycles. The minimum atomic E-state index is -0.298. The van der Waals surface area contributed by atoms with E-state index in [1.165, 1.54) is 6.20 Å². The Morgan fingerprint density at radius 1 is 1.56 bits per heavy atom. The molecule has 0 aromatic carbocycles. The third-order valence-electron chi connectivity index (χ3n) is 3.59. The number of likely N-dealkylation sites (tertiary alicyclic amines) is 1. The zero-order valence-electron chi connectivity index (χ0n) is 10.5. The Morgan fingerprint density at radius 2 is 2.22 bits per heavy atom. The number of amides is 1. The van der Waals surface area contributed by atoms with E-state index in [1.54, 1.807) is 17.2 Å². The van der Waals surface area contributed by atoms with Gasteiger partial charge in [0, 0.05) is 19.3 Å². The van der Waals surface area contributed by atoms with Crippen molar-refractivity contribution < 1.29 is 9.90 Å². The fourth-order valence-electron chi connectivity index (χ4n) is 2.36. The zero-order valence-corrected chi connectivity index (χ0v) is 10.5. The summed E-state index contributed by atoms with van der Waals surface area (Å²) in [5.41, 5.74) is 6.68. The van der Waals surface area contributed by atoms with Gasteiger partial charge < -0.3 is 15.7 Å². The van der Waals surface area contributed by atoms with Crippen molar-refractivity contribution in [3.05, 3.63) is 24.0 Å². The summed E-state index contributed by atoms with van der Waals surface area (Å²) in [6, 6.07) is 1.65. The van der Waals surface area contributed by atoms with Crippen LogP contribution in [0.1, 0.15) is 30.1 Å². The van der Waals surface area contributed by atoms with Gasteiger partial charge in [-0.15, -0.1) is 0 Å². The molecule has 1 unspecified atom stereocenters. The molecule has 18 heavy (non-hydrogen) atoms. The Morgan fingerprint density at radius 3 is 2.78 bits per heavy atom. The quantitative estimate of drug-likeness (QED) is 0.816. The van der Waals surface area contributed by atoms with Crippen LogP contribution in [0.15, 0.2) is 18.5 Å². The number of piperidine rings is 1. The standard InChI is InChI=1S/C13H19N3O2/c1-9(17)10-3-6-16(7-4-10)13(18)11-2-5-15-8-12(11)14/h2,5,8-10,17H,3-4,6-7,14H2,1H3. The second-order valence-corrected chi connectivity index (χ2v) is 4.83. The highest BCUT2D eigenvalue weighted by atomic mass is 16.3. The first-order valence-electron chi connectivity index (χ1n) is 6.26. The van der Waals surface area contributed by atoms with Gasteiger partial charge in [0.25, 0.3) is 5.91 Å². The lowest BCUT2D eigenvalue weighted by Gasteiger charge is -2.33. The summed E-state index contributed by atoms with van der Waals surface area (Å²) >= 11 is 0. The maximum atomic E-state index is 12.3. The van der Waals surface area contributed by atoms with Gasteiger partial charge in [-0.1, -0.05) is 0 Å². The van der Waals surface area contributed by atoms with Crippen LogP contribution in [-0.4, -0.2) is 40.1 Å². The first-order chi connectivity index (χ1) is 8.59. The number of nitrogens with zero attached hydrogens (tertiary/aromatic N) is 2. The average molecular weight is 249 g/mol. The van der Waals surface area contributed by atoms with Gasteiger partial charge in [0.1, 0.15) is 0 Å². The number of aliphatic hydroxyl groups excluding tert-OH is 1. The number of aliphatic hydroxyl groups is 1. The Balaban J connectivity index is 2.02. The minimum absolute atomic E-state index is 0.0426. The molecule has 0 bridgehead atoms. The number of rotatable bonds is 2. The van der Waals surface area contributed by atoms with Crippen molar-refractivity contribution in [1.82, 2.24) is 9.88 Å². The minimum Gasteiger partial charge on any atom is -0.397 e. The fraction of sp³-hybridized carbons (Fsp3) is 0.538. The van der Waals surface area contributed by atoms with E-state index >= 15 is 0 Å². The Labute approximate surface area is 107 Å². The Hall–Kier alpha value is -1.62. The Kier molecular flexibility index (Phi) is 3.81. The third kappa shape index (κ3) is 2.61. The molecule has 1 fully saturated rings. The molecule has 1 saturated heterocycles. The highest BCUT2D eigenvalue weighted by molar-refractivity contribution is 5.98. The normalized spacial score (nSPS) is 18.7. The van der Waals surface area contributed by atoms with E-state index in [4.69, 9.17) is 5.73 Å². The third-order valence-corrected chi connectivity index (χ3v) is 3.59. The first-order valence-corrected chi connectivity index (χ1v) is 6.26. The first kappa shape index (κ1) is 12.8. The number of pyridine rings is 1. The van der Waals surface area contributed by atoms with E-state index < -0.39 is 0 Å². The molecule has 1 amide bonds. The van der Waals surface area contributed by atoms with E-state index in [9.17, 15) is 9.90 Å². The molecule has 2 rings (SSSR count). The Bertz CT molecular complexity index is 426. The summed E-state index contributed by atoms with van der Waals surface area (Å²) in [6.45, 7) is 3.16. The molecule has 1 aromatic rings. The molecule has 5 heteroatoms. The average Bonchev–Trinajstić information content (AvgIpc) is 2.38. The number of aromatic nitrogens is 1. The van der Waals surface area contributed by atoms with Crippen LogP contribution in [0.25, 0.3) is 0 Å². The topological polar surface area (TPSA) is 79.5 Å². The largest absolute Gasteiger partial charge is 0.397 e. The number of carbonyl (C=O) groups is 1. The van der Waals surface area contributed by atoms with Crippen LogP contribution in [0.5, 0.6) is 0 Å². The molecular weight excluding hydrogens is 230 g/mol. The SMILES string of the molecule is CC(O)C1CCN(C(=O)c2ccncc2N)CC1. The van der Waals surface area contributed by atoms with Crippen molar-refractivity contribution in [2.75, 3.05) is 18.8 Å². The summed E-state index contributed by atoms with van der Waals surface area (Å²) in [4.78, 5) is 17.9. The van der Waals surface area contributed by atoms with Crippen LogP contribution in [0.2, 0.25) is 0 Å². The van der Waals surface area contributed by atoms with Crippen LogP contribution in [0, 0.1) is 5.92 Å². The lowest BCUT2D eigenvalue weighted by atomic mass is 9.92. The summed E-state index contributed by atoms with van der Waals surface area (Å²) in [5, 5.41) is 9.53. The maximum Gasteiger partial charge on any atom is 0.256 e. The van der Waals surface area contributed by atoms with Crippen LogP contribution >= 0.6 is 0 Å². The van der Waals surface area contributed by atoms with Gasteiger partial charge in [-0.3, -0.25) is 9.78 Å². The van der Waals surface area contributed by atoms with Crippen molar-refractivity contribution in [1.29, 1.82) is 0 Å². The van der Waals surface area contributed by atoms with Gasteiger partial charge in [0.05, 0.1) is 23.6 Å². The van der Waals surface area contributed by atoms with Crippen molar-refractivity contribution >= 4 is 11.6 Å². The second kappa shape index (κ2) is 5.35. The number of nitrogen functional groups attached to an aromatic ring is 1. The second-order valence-electron chi connectivity index (χ2n) is 4.83. The number of carbonyl (C=O) groups excluding carboxylic acids is 1. The predicted octanol–water partition coefficient (Wildman–Crippen LogP) is 0.897. The summed E-state index contributed by atoms with van der Waals surface area (Å²) in [7, 11) is 0. The molecule has 0 aliphatic carbocycles. The van der Waals surface area contributed by atoms with Crippen LogP contribution in [0.3, 0.4) is 0 Å². The van der Waals surface area contributed by atoms with Gasteiger partial charge in [-0.05, 0) is 31.7 Å². The van der Waals surface area contributed by atoms with E-state index in [0.29, 0.717) is 30.3 Å². The number of anilines is 1. The van der Waals surface area contributed by atoms with E-state index in [1.807, 2.05) is 6.92 Å². The molecule has 1 atom stereocenters. The monoisotopic (exact) mass is 249 g/mol. The van der Waals surface area contributed by atoms with Crippen molar-refractivity contribution in [3.63, 3.8) is 0 Å². The molecule has 2 heterocycles. The fourth-order valence-corrected chi connectivity index (χ4v) is 2.36. The van der Waals surface area contributed by atoms with Gasteiger partial charge in [0.2, 0.25) is 0 Å². The zero-order chi connectivity index (χ0) is 13.1. The van der Waals surface area contributed by atoms with E-state index in [-0.39, 0.29) is 12.0 Å². The predicted molar refractivity (Wildman–Crippen MR) is 69.0 cm³/mol. The molecule has 1 aliphatic heterocycles. The molecule has 98 valence electrons. The van der Waals surface area contributed by atoms with Crippen molar-refractivity contribution in [2.45, 2.75) is 25.9 Å². The lowest BCUT2D eigenvalue weighted by Crippen LogP contribution is -2.41. The molecule has 0 saturated carbocycles. The maximum absolute atomic E-state index is 12.3. The molecule has 1 aliphatic rings. The number of hydrogen-bond donors (Lipinski definition) is 2. The molecule has 5 nitrogen and oxygen atoms in total. The van der Waals surface area contributed by atoms with Gasteiger partial charge in [0.15, 0.2) is 0 Å². The number of nitrogens with two attached hydrogens (primary N) is 1. The molecule has 0 spiro atoms. The van der Waals surface area contributed by atoms with Gasteiger partial charge in [-0.25, -0.2) is 0 Å². The summed E-state index contributed by atoms with van der Waals surface area (Å²) in [5.74, 6) is 0.253. The number of hydrogen-bond acceptors (Lipinski definition) is 4. The van der Waals surface area contributed by atoms with Crippen LogP contribution < -0.4 is 5.73 Å². The van der Waals surface area contributed by atoms with Crippen LogP contribution in [-0.2, 0) is 0 Å².